The first kappa shape index (κ1) is 11.0. The highest BCUT2D eigenvalue weighted by atomic mass is 16.5. The summed E-state index contributed by atoms with van der Waals surface area (Å²) in [5.74, 6) is 1.27. The van der Waals surface area contributed by atoms with E-state index in [1.54, 1.807) is 0 Å². The molecule has 0 aromatic rings. The fraction of sp³-hybridized carbons (Fsp3) is 1.00. The van der Waals surface area contributed by atoms with Crippen LogP contribution in [0.15, 0.2) is 0 Å². The third-order valence-corrected chi connectivity index (χ3v) is 2.84. The maximum Gasteiger partial charge on any atom is 0.0885 e. The van der Waals surface area contributed by atoms with Crippen LogP contribution in [-0.4, -0.2) is 23.9 Å². The molecule has 0 spiro atoms. The minimum absolute atomic E-state index is 0.512. The van der Waals surface area contributed by atoms with Gasteiger partial charge in [-0.15, -0.1) is 0 Å². The predicted octanol–water partition coefficient (Wildman–Crippen LogP) is 2.21. The molecule has 1 N–H and O–H groups in total. The zero-order chi connectivity index (χ0) is 9.90. The molecular formula is C11H22O2. The summed E-state index contributed by atoms with van der Waals surface area (Å²) in [5.41, 5.74) is -0.549. The summed E-state index contributed by atoms with van der Waals surface area (Å²) < 4.78 is 5.32. The van der Waals surface area contributed by atoms with Crippen LogP contribution in [0.4, 0.5) is 0 Å². The topological polar surface area (TPSA) is 29.5 Å². The standard InChI is InChI=1S/C11H22O2/c1-4-13-8-11(12)6-9(2)5-10(3)7-11/h9-10,12H,4-8H2,1-3H3. The summed E-state index contributed by atoms with van der Waals surface area (Å²) >= 11 is 0. The molecule has 0 radical (unpaired) electrons. The van der Waals surface area contributed by atoms with Gasteiger partial charge in [-0.1, -0.05) is 13.8 Å². The maximum absolute atomic E-state index is 10.2. The molecule has 0 aromatic heterocycles. The van der Waals surface area contributed by atoms with E-state index in [1.807, 2.05) is 6.92 Å². The van der Waals surface area contributed by atoms with Gasteiger partial charge in [-0.25, -0.2) is 0 Å². The van der Waals surface area contributed by atoms with Gasteiger partial charge in [0.25, 0.3) is 0 Å². The molecule has 0 heterocycles. The van der Waals surface area contributed by atoms with E-state index in [1.165, 1.54) is 6.42 Å². The van der Waals surface area contributed by atoms with Gasteiger partial charge in [-0.3, -0.25) is 0 Å². The molecule has 13 heavy (non-hydrogen) atoms. The first-order valence-corrected chi connectivity index (χ1v) is 5.36. The maximum atomic E-state index is 10.2. The number of aliphatic hydroxyl groups is 1. The van der Waals surface area contributed by atoms with Crippen LogP contribution < -0.4 is 0 Å². The van der Waals surface area contributed by atoms with Crippen LogP contribution in [0.1, 0.15) is 40.0 Å². The molecule has 0 aromatic carbocycles. The molecule has 0 saturated heterocycles. The molecular weight excluding hydrogens is 164 g/mol. The van der Waals surface area contributed by atoms with Gasteiger partial charge < -0.3 is 9.84 Å². The molecule has 1 rings (SSSR count). The lowest BCUT2D eigenvalue weighted by molar-refractivity contribution is -0.0881. The van der Waals surface area contributed by atoms with E-state index in [0.29, 0.717) is 25.0 Å². The van der Waals surface area contributed by atoms with Crippen molar-refractivity contribution in [2.24, 2.45) is 11.8 Å². The lowest BCUT2D eigenvalue weighted by atomic mass is 9.74. The van der Waals surface area contributed by atoms with E-state index >= 15 is 0 Å². The molecule has 2 nitrogen and oxygen atoms in total. The smallest absolute Gasteiger partial charge is 0.0885 e. The third kappa shape index (κ3) is 3.28. The third-order valence-electron chi connectivity index (χ3n) is 2.84. The van der Waals surface area contributed by atoms with Crippen LogP contribution >= 0.6 is 0 Å². The molecule has 1 fully saturated rings. The quantitative estimate of drug-likeness (QED) is 0.732. The summed E-state index contributed by atoms with van der Waals surface area (Å²) in [7, 11) is 0. The first-order chi connectivity index (χ1) is 6.06. The molecule has 1 aliphatic carbocycles. The minimum Gasteiger partial charge on any atom is -0.387 e. The first-order valence-electron chi connectivity index (χ1n) is 5.36. The van der Waals surface area contributed by atoms with E-state index in [-0.39, 0.29) is 0 Å². The lowest BCUT2D eigenvalue weighted by Gasteiger charge is -2.38. The van der Waals surface area contributed by atoms with Crippen molar-refractivity contribution in [1.82, 2.24) is 0 Å². The molecule has 0 bridgehead atoms. The van der Waals surface area contributed by atoms with Crippen LogP contribution in [0.3, 0.4) is 0 Å². The molecule has 0 aliphatic heterocycles. The Morgan fingerprint density at radius 2 is 1.85 bits per heavy atom. The Kier molecular flexibility index (Phi) is 3.74. The van der Waals surface area contributed by atoms with Gasteiger partial charge in [0.15, 0.2) is 0 Å². The van der Waals surface area contributed by atoms with E-state index in [0.717, 1.165) is 12.8 Å². The van der Waals surface area contributed by atoms with Crippen molar-refractivity contribution >= 4 is 0 Å². The zero-order valence-corrected chi connectivity index (χ0v) is 9.05. The van der Waals surface area contributed by atoms with Crippen molar-refractivity contribution < 1.29 is 9.84 Å². The second-order valence-corrected chi connectivity index (χ2v) is 4.72. The molecule has 1 saturated carbocycles. The Labute approximate surface area is 81.3 Å². The van der Waals surface area contributed by atoms with Crippen molar-refractivity contribution in [1.29, 1.82) is 0 Å². The second kappa shape index (κ2) is 4.43. The van der Waals surface area contributed by atoms with E-state index < -0.39 is 5.60 Å². The van der Waals surface area contributed by atoms with Gasteiger partial charge in [0.1, 0.15) is 0 Å². The summed E-state index contributed by atoms with van der Waals surface area (Å²) in [6, 6.07) is 0. The summed E-state index contributed by atoms with van der Waals surface area (Å²) in [6.07, 6.45) is 3.04. The van der Waals surface area contributed by atoms with Crippen LogP contribution in [0.2, 0.25) is 0 Å². The highest BCUT2D eigenvalue weighted by Gasteiger charge is 2.35. The highest BCUT2D eigenvalue weighted by Crippen LogP contribution is 2.35. The molecule has 2 atom stereocenters. The monoisotopic (exact) mass is 186 g/mol. The fourth-order valence-electron chi connectivity index (χ4n) is 2.64. The Morgan fingerprint density at radius 1 is 1.31 bits per heavy atom. The Bertz CT molecular complexity index is 146. The van der Waals surface area contributed by atoms with Crippen molar-refractivity contribution in [2.45, 2.75) is 45.6 Å². The van der Waals surface area contributed by atoms with Gasteiger partial charge >= 0.3 is 0 Å². The number of rotatable bonds is 3. The molecule has 2 unspecified atom stereocenters. The zero-order valence-electron chi connectivity index (χ0n) is 9.05. The average molecular weight is 186 g/mol. The molecule has 1 aliphatic rings. The summed E-state index contributed by atoms with van der Waals surface area (Å²) in [6.45, 7) is 7.61. The van der Waals surface area contributed by atoms with E-state index in [4.69, 9.17) is 4.74 Å². The lowest BCUT2D eigenvalue weighted by Crippen LogP contribution is -2.42. The SMILES string of the molecule is CCOCC1(O)CC(C)CC(C)C1. The molecule has 78 valence electrons. The Balaban J connectivity index is 2.45. The van der Waals surface area contributed by atoms with Gasteiger partial charge in [0.05, 0.1) is 12.2 Å². The van der Waals surface area contributed by atoms with Crippen LogP contribution in [0.5, 0.6) is 0 Å². The van der Waals surface area contributed by atoms with Gasteiger partial charge in [0, 0.05) is 6.61 Å². The Morgan fingerprint density at radius 3 is 2.31 bits per heavy atom. The molecule has 2 heteroatoms. The van der Waals surface area contributed by atoms with Crippen LogP contribution in [0.25, 0.3) is 0 Å². The van der Waals surface area contributed by atoms with E-state index in [9.17, 15) is 5.11 Å². The number of ether oxygens (including phenoxy) is 1. The summed E-state index contributed by atoms with van der Waals surface area (Å²) in [4.78, 5) is 0. The average Bonchev–Trinajstić information content (AvgIpc) is 1.98. The predicted molar refractivity (Wildman–Crippen MR) is 53.6 cm³/mol. The summed E-state index contributed by atoms with van der Waals surface area (Å²) in [5, 5.41) is 10.2. The van der Waals surface area contributed by atoms with E-state index in [2.05, 4.69) is 13.8 Å². The van der Waals surface area contributed by atoms with Crippen molar-refractivity contribution in [2.75, 3.05) is 13.2 Å². The fourth-order valence-corrected chi connectivity index (χ4v) is 2.64. The van der Waals surface area contributed by atoms with Crippen LogP contribution in [0, 0.1) is 11.8 Å². The van der Waals surface area contributed by atoms with Crippen LogP contribution in [-0.2, 0) is 4.74 Å². The minimum atomic E-state index is -0.549. The largest absolute Gasteiger partial charge is 0.387 e. The second-order valence-electron chi connectivity index (χ2n) is 4.72. The van der Waals surface area contributed by atoms with Gasteiger partial charge in [-0.2, -0.15) is 0 Å². The highest BCUT2D eigenvalue weighted by molar-refractivity contribution is 4.87. The number of hydrogen-bond acceptors (Lipinski definition) is 2. The van der Waals surface area contributed by atoms with Crippen molar-refractivity contribution in [3.8, 4) is 0 Å². The molecule has 0 amide bonds. The van der Waals surface area contributed by atoms with Crippen molar-refractivity contribution in [3.05, 3.63) is 0 Å². The van der Waals surface area contributed by atoms with Crippen molar-refractivity contribution in [3.63, 3.8) is 0 Å². The van der Waals surface area contributed by atoms with Gasteiger partial charge in [0.2, 0.25) is 0 Å². The Hall–Kier alpha value is -0.0800. The number of hydrogen-bond donors (Lipinski definition) is 1. The normalized spacial score (nSPS) is 40.6. The van der Waals surface area contributed by atoms with Gasteiger partial charge in [-0.05, 0) is 38.0 Å².